The topological polar surface area (TPSA) is 38.5 Å². The Morgan fingerprint density at radius 1 is 0.952 bits per heavy atom. The number of para-hydroxylation sites is 1. The zero-order valence-electron chi connectivity index (χ0n) is 12.7. The van der Waals surface area contributed by atoms with Crippen LogP contribution >= 0.6 is 0 Å². The van der Waals surface area contributed by atoms with Crippen molar-refractivity contribution in [2.45, 2.75) is 19.5 Å². The molecule has 0 saturated heterocycles. The van der Waals surface area contributed by atoms with Crippen LogP contribution in [0, 0.1) is 0 Å². The first-order valence-electron chi connectivity index (χ1n) is 7.43. The standard InChI is InChI=1S/C18H24N2O/c1-20(15-17-9-6-5-8-16(17)14-19)12-7-13-21-18-10-3-2-4-11-18/h2-6,8-11H,7,12-15,19H2,1H3. The van der Waals surface area contributed by atoms with Crippen molar-refractivity contribution in [2.24, 2.45) is 5.73 Å². The van der Waals surface area contributed by atoms with Crippen LogP contribution in [0.4, 0.5) is 0 Å². The summed E-state index contributed by atoms with van der Waals surface area (Å²) in [7, 11) is 2.13. The van der Waals surface area contributed by atoms with Crippen molar-refractivity contribution in [1.29, 1.82) is 0 Å². The highest BCUT2D eigenvalue weighted by molar-refractivity contribution is 5.26. The van der Waals surface area contributed by atoms with Gasteiger partial charge in [-0.25, -0.2) is 0 Å². The summed E-state index contributed by atoms with van der Waals surface area (Å²) in [5.41, 5.74) is 8.31. The highest BCUT2D eigenvalue weighted by Gasteiger charge is 2.04. The summed E-state index contributed by atoms with van der Waals surface area (Å²) < 4.78 is 5.70. The van der Waals surface area contributed by atoms with Gasteiger partial charge in [-0.15, -0.1) is 0 Å². The molecule has 2 aromatic carbocycles. The number of hydrogen-bond acceptors (Lipinski definition) is 3. The van der Waals surface area contributed by atoms with Crippen molar-refractivity contribution in [1.82, 2.24) is 4.90 Å². The van der Waals surface area contributed by atoms with Gasteiger partial charge in [0.05, 0.1) is 6.61 Å². The van der Waals surface area contributed by atoms with E-state index in [2.05, 4.69) is 30.1 Å². The van der Waals surface area contributed by atoms with Gasteiger partial charge in [0, 0.05) is 19.6 Å². The van der Waals surface area contributed by atoms with Gasteiger partial charge in [-0.3, -0.25) is 0 Å². The molecule has 0 fully saturated rings. The molecule has 0 amide bonds. The lowest BCUT2D eigenvalue weighted by Crippen LogP contribution is -2.21. The Morgan fingerprint density at radius 3 is 2.33 bits per heavy atom. The van der Waals surface area contributed by atoms with E-state index < -0.39 is 0 Å². The number of nitrogens with two attached hydrogens (primary N) is 1. The van der Waals surface area contributed by atoms with Crippen LogP contribution < -0.4 is 10.5 Å². The molecule has 2 rings (SSSR count). The zero-order valence-corrected chi connectivity index (χ0v) is 12.7. The maximum absolute atomic E-state index is 5.77. The van der Waals surface area contributed by atoms with Gasteiger partial charge in [-0.1, -0.05) is 42.5 Å². The van der Waals surface area contributed by atoms with E-state index in [-0.39, 0.29) is 0 Å². The van der Waals surface area contributed by atoms with Crippen LogP contribution in [-0.2, 0) is 13.1 Å². The first-order valence-corrected chi connectivity index (χ1v) is 7.43. The minimum Gasteiger partial charge on any atom is -0.494 e. The van der Waals surface area contributed by atoms with E-state index in [1.54, 1.807) is 0 Å². The lowest BCUT2D eigenvalue weighted by Gasteiger charge is -2.18. The van der Waals surface area contributed by atoms with Gasteiger partial charge >= 0.3 is 0 Å². The SMILES string of the molecule is CN(CCCOc1ccccc1)Cc1ccccc1CN. The van der Waals surface area contributed by atoms with Crippen molar-refractivity contribution in [3.05, 3.63) is 65.7 Å². The highest BCUT2D eigenvalue weighted by Crippen LogP contribution is 2.11. The van der Waals surface area contributed by atoms with E-state index in [9.17, 15) is 0 Å². The molecule has 0 aliphatic rings. The van der Waals surface area contributed by atoms with Crippen LogP contribution in [0.25, 0.3) is 0 Å². The molecule has 0 saturated carbocycles. The number of rotatable bonds is 8. The number of hydrogen-bond donors (Lipinski definition) is 1. The number of benzene rings is 2. The molecule has 112 valence electrons. The van der Waals surface area contributed by atoms with Gasteiger partial charge < -0.3 is 15.4 Å². The lowest BCUT2D eigenvalue weighted by molar-refractivity contribution is 0.258. The fourth-order valence-electron chi connectivity index (χ4n) is 2.32. The predicted octanol–water partition coefficient (Wildman–Crippen LogP) is 3.05. The van der Waals surface area contributed by atoms with Gasteiger partial charge in [0.2, 0.25) is 0 Å². The number of ether oxygens (including phenoxy) is 1. The van der Waals surface area contributed by atoms with E-state index >= 15 is 0 Å². The number of nitrogens with zero attached hydrogens (tertiary/aromatic N) is 1. The van der Waals surface area contributed by atoms with Gasteiger partial charge in [-0.2, -0.15) is 0 Å². The molecular weight excluding hydrogens is 260 g/mol. The summed E-state index contributed by atoms with van der Waals surface area (Å²) in [5.74, 6) is 0.939. The Bertz CT molecular complexity index is 528. The van der Waals surface area contributed by atoms with Gasteiger partial charge in [0.1, 0.15) is 5.75 Å². The predicted molar refractivity (Wildman–Crippen MR) is 87.2 cm³/mol. The molecule has 0 aliphatic carbocycles. The third-order valence-electron chi connectivity index (χ3n) is 3.47. The summed E-state index contributed by atoms with van der Waals surface area (Å²) in [5, 5.41) is 0. The summed E-state index contributed by atoms with van der Waals surface area (Å²) in [6.45, 7) is 3.28. The summed E-state index contributed by atoms with van der Waals surface area (Å²) in [6, 6.07) is 18.3. The van der Waals surface area contributed by atoms with Gasteiger partial charge in [0.15, 0.2) is 0 Å². The van der Waals surface area contributed by atoms with Crippen LogP contribution in [0.1, 0.15) is 17.5 Å². The average molecular weight is 284 g/mol. The molecule has 0 aromatic heterocycles. The van der Waals surface area contributed by atoms with Crippen LogP contribution in [0.15, 0.2) is 54.6 Å². The summed E-state index contributed by atoms with van der Waals surface area (Å²) in [6.07, 6.45) is 1.01. The molecule has 0 bridgehead atoms. The summed E-state index contributed by atoms with van der Waals surface area (Å²) in [4.78, 5) is 2.31. The Kier molecular flexibility index (Phi) is 6.25. The molecule has 21 heavy (non-hydrogen) atoms. The smallest absolute Gasteiger partial charge is 0.119 e. The largest absolute Gasteiger partial charge is 0.494 e. The monoisotopic (exact) mass is 284 g/mol. The Morgan fingerprint density at radius 2 is 1.62 bits per heavy atom. The third kappa shape index (κ3) is 5.21. The van der Waals surface area contributed by atoms with Gasteiger partial charge in [0.25, 0.3) is 0 Å². The van der Waals surface area contributed by atoms with E-state index in [4.69, 9.17) is 10.5 Å². The lowest BCUT2D eigenvalue weighted by atomic mass is 10.1. The molecule has 0 radical (unpaired) electrons. The molecule has 2 N–H and O–H groups in total. The normalized spacial score (nSPS) is 10.8. The molecule has 0 unspecified atom stereocenters. The van der Waals surface area contributed by atoms with Crippen molar-refractivity contribution >= 4 is 0 Å². The maximum Gasteiger partial charge on any atom is 0.119 e. The molecule has 0 atom stereocenters. The Hall–Kier alpha value is -1.84. The molecular formula is C18H24N2O. The molecule has 0 aliphatic heterocycles. The molecule has 2 aromatic rings. The van der Waals surface area contributed by atoms with Crippen LogP contribution in [-0.4, -0.2) is 25.1 Å². The summed E-state index contributed by atoms with van der Waals surface area (Å²) >= 11 is 0. The quantitative estimate of drug-likeness (QED) is 0.757. The molecule has 0 heterocycles. The second kappa shape index (κ2) is 8.45. The first-order chi connectivity index (χ1) is 10.3. The average Bonchev–Trinajstić information content (AvgIpc) is 2.53. The minimum atomic E-state index is 0.598. The molecule has 0 spiro atoms. The fraction of sp³-hybridized carbons (Fsp3) is 0.333. The Labute approximate surface area is 127 Å². The van der Waals surface area contributed by atoms with E-state index in [0.717, 1.165) is 31.9 Å². The van der Waals surface area contributed by atoms with Crippen LogP contribution in [0.5, 0.6) is 5.75 Å². The van der Waals surface area contributed by atoms with Crippen molar-refractivity contribution < 1.29 is 4.74 Å². The molecule has 3 heteroatoms. The van der Waals surface area contributed by atoms with Crippen molar-refractivity contribution in [3.8, 4) is 5.75 Å². The first kappa shape index (κ1) is 15.5. The van der Waals surface area contributed by atoms with Crippen molar-refractivity contribution in [2.75, 3.05) is 20.2 Å². The van der Waals surface area contributed by atoms with Crippen LogP contribution in [0.2, 0.25) is 0 Å². The Balaban J connectivity index is 1.71. The second-order valence-corrected chi connectivity index (χ2v) is 5.23. The minimum absolute atomic E-state index is 0.598. The van der Waals surface area contributed by atoms with Gasteiger partial charge in [-0.05, 0) is 36.7 Å². The molecule has 3 nitrogen and oxygen atoms in total. The van der Waals surface area contributed by atoms with Crippen LogP contribution in [0.3, 0.4) is 0 Å². The van der Waals surface area contributed by atoms with E-state index in [0.29, 0.717) is 6.54 Å². The second-order valence-electron chi connectivity index (χ2n) is 5.23. The zero-order chi connectivity index (χ0) is 14.9. The maximum atomic E-state index is 5.77. The van der Waals surface area contributed by atoms with E-state index in [1.807, 2.05) is 36.4 Å². The third-order valence-corrected chi connectivity index (χ3v) is 3.47. The fourth-order valence-corrected chi connectivity index (χ4v) is 2.32. The van der Waals surface area contributed by atoms with E-state index in [1.165, 1.54) is 11.1 Å². The highest BCUT2D eigenvalue weighted by atomic mass is 16.5. The van der Waals surface area contributed by atoms with Crippen molar-refractivity contribution in [3.63, 3.8) is 0 Å².